The molecule has 0 unspecified atom stereocenters. The van der Waals surface area contributed by atoms with Crippen molar-refractivity contribution in [1.82, 2.24) is 10.4 Å². The maximum absolute atomic E-state index is 12.1. The Morgan fingerprint density at radius 2 is 2.14 bits per heavy atom. The fourth-order valence-corrected chi connectivity index (χ4v) is 0.805. The minimum absolute atomic E-state index is 0.373. The van der Waals surface area contributed by atoms with Crippen molar-refractivity contribution < 1.29 is 18.0 Å². The van der Waals surface area contributed by atoms with Crippen molar-refractivity contribution in [3.63, 3.8) is 0 Å². The molecular weight excluding hydrogens is 199 g/mol. The van der Waals surface area contributed by atoms with Crippen molar-refractivity contribution in [2.24, 2.45) is 5.84 Å². The number of carbonyl (C=O) groups is 1. The molecule has 1 aromatic heterocycles. The van der Waals surface area contributed by atoms with Gasteiger partial charge in [0.2, 0.25) is 0 Å². The van der Waals surface area contributed by atoms with Crippen LogP contribution in [0.5, 0.6) is 0 Å². The number of carbonyl (C=O) groups excluding carboxylic acids is 1. The van der Waals surface area contributed by atoms with E-state index < -0.39 is 17.6 Å². The van der Waals surface area contributed by atoms with Gasteiger partial charge in [-0.3, -0.25) is 15.2 Å². The fourth-order valence-electron chi connectivity index (χ4n) is 0.805. The highest BCUT2D eigenvalue weighted by molar-refractivity contribution is 5.91. The maximum atomic E-state index is 12.1. The van der Waals surface area contributed by atoms with E-state index in [-0.39, 0.29) is 5.69 Å². The SMILES string of the molecule is NNC(=O)c1cc(C(F)(F)F)ccn1. The summed E-state index contributed by atoms with van der Waals surface area (Å²) in [5, 5.41) is 0. The van der Waals surface area contributed by atoms with E-state index >= 15 is 0 Å². The molecule has 0 aliphatic heterocycles. The monoisotopic (exact) mass is 205 g/mol. The lowest BCUT2D eigenvalue weighted by atomic mass is 10.2. The van der Waals surface area contributed by atoms with E-state index in [1.807, 2.05) is 0 Å². The first-order valence-corrected chi connectivity index (χ1v) is 3.49. The molecule has 1 rings (SSSR count). The number of hydrazine groups is 1. The first-order valence-electron chi connectivity index (χ1n) is 3.49. The first-order chi connectivity index (χ1) is 6.45. The molecule has 76 valence electrons. The van der Waals surface area contributed by atoms with Crippen LogP contribution in [0.3, 0.4) is 0 Å². The minimum Gasteiger partial charge on any atom is -0.289 e. The van der Waals surface area contributed by atoms with Gasteiger partial charge in [-0.25, -0.2) is 5.84 Å². The van der Waals surface area contributed by atoms with Crippen LogP contribution in [0.25, 0.3) is 0 Å². The van der Waals surface area contributed by atoms with Crippen LogP contribution in [0.2, 0.25) is 0 Å². The molecule has 3 N–H and O–H groups in total. The highest BCUT2D eigenvalue weighted by Crippen LogP contribution is 2.28. The second-order valence-electron chi connectivity index (χ2n) is 2.40. The molecule has 1 aromatic rings. The van der Waals surface area contributed by atoms with Crippen LogP contribution in [0, 0.1) is 0 Å². The molecule has 1 amide bonds. The summed E-state index contributed by atoms with van der Waals surface area (Å²) in [5.74, 6) is 3.88. The number of alkyl halides is 3. The summed E-state index contributed by atoms with van der Waals surface area (Å²) in [5.41, 5.74) is 0.379. The third-order valence-corrected chi connectivity index (χ3v) is 1.45. The molecule has 0 bridgehead atoms. The van der Waals surface area contributed by atoms with Crippen LogP contribution in [0.1, 0.15) is 16.1 Å². The van der Waals surface area contributed by atoms with Gasteiger partial charge in [-0.15, -0.1) is 0 Å². The molecule has 0 aromatic carbocycles. The number of amides is 1. The maximum Gasteiger partial charge on any atom is 0.416 e. The number of nitrogens with one attached hydrogen (secondary N) is 1. The lowest BCUT2D eigenvalue weighted by Gasteiger charge is -2.06. The van der Waals surface area contributed by atoms with Crippen molar-refractivity contribution in [1.29, 1.82) is 0 Å². The Hall–Kier alpha value is -1.63. The Balaban J connectivity index is 3.08. The molecule has 0 saturated heterocycles. The Morgan fingerprint density at radius 3 is 2.64 bits per heavy atom. The second kappa shape index (κ2) is 3.62. The predicted molar refractivity (Wildman–Crippen MR) is 40.9 cm³/mol. The third kappa shape index (κ3) is 2.19. The van der Waals surface area contributed by atoms with Crippen molar-refractivity contribution >= 4 is 5.91 Å². The number of nitrogen functional groups attached to an aromatic ring is 1. The van der Waals surface area contributed by atoms with Crippen LogP contribution in [-0.2, 0) is 6.18 Å². The molecule has 0 saturated carbocycles. The highest BCUT2D eigenvalue weighted by Gasteiger charge is 2.31. The van der Waals surface area contributed by atoms with Gasteiger partial charge in [0.1, 0.15) is 5.69 Å². The summed E-state index contributed by atoms with van der Waals surface area (Å²) in [6.45, 7) is 0. The Kier molecular flexibility index (Phi) is 2.70. The summed E-state index contributed by atoms with van der Waals surface area (Å²) < 4.78 is 36.4. The van der Waals surface area contributed by atoms with Crippen molar-refractivity contribution in [3.05, 3.63) is 29.6 Å². The number of halogens is 3. The molecule has 0 fully saturated rings. The summed E-state index contributed by atoms with van der Waals surface area (Å²) in [6.07, 6.45) is -3.60. The van der Waals surface area contributed by atoms with Crippen LogP contribution < -0.4 is 11.3 Å². The number of nitrogens with zero attached hydrogens (tertiary/aromatic N) is 1. The van der Waals surface area contributed by atoms with Crippen molar-refractivity contribution in [2.45, 2.75) is 6.18 Å². The largest absolute Gasteiger partial charge is 0.416 e. The topological polar surface area (TPSA) is 68.0 Å². The molecule has 7 heteroatoms. The van der Waals surface area contributed by atoms with E-state index in [4.69, 9.17) is 5.84 Å². The number of pyridine rings is 1. The zero-order chi connectivity index (χ0) is 10.8. The molecule has 0 atom stereocenters. The van der Waals surface area contributed by atoms with Gasteiger partial charge < -0.3 is 0 Å². The molecule has 0 spiro atoms. The lowest BCUT2D eigenvalue weighted by molar-refractivity contribution is -0.137. The van der Waals surface area contributed by atoms with E-state index in [9.17, 15) is 18.0 Å². The molecular formula is C7H6F3N3O. The van der Waals surface area contributed by atoms with E-state index in [1.54, 1.807) is 5.43 Å². The molecule has 4 nitrogen and oxygen atoms in total. The minimum atomic E-state index is -4.49. The number of rotatable bonds is 1. The van der Waals surface area contributed by atoms with E-state index in [0.717, 1.165) is 12.3 Å². The quantitative estimate of drug-likeness (QED) is 0.403. The van der Waals surface area contributed by atoms with Gasteiger partial charge in [-0.1, -0.05) is 0 Å². The van der Waals surface area contributed by atoms with Gasteiger partial charge in [0.15, 0.2) is 0 Å². The Bertz CT molecular complexity index is 350. The number of nitrogens with two attached hydrogens (primary N) is 1. The Morgan fingerprint density at radius 1 is 1.50 bits per heavy atom. The van der Waals surface area contributed by atoms with Crippen LogP contribution >= 0.6 is 0 Å². The molecule has 0 aliphatic carbocycles. The Labute approximate surface area is 76.9 Å². The van der Waals surface area contributed by atoms with Crippen LogP contribution in [0.4, 0.5) is 13.2 Å². The number of hydrogen-bond donors (Lipinski definition) is 2. The average molecular weight is 205 g/mol. The zero-order valence-corrected chi connectivity index (χ0v) is 6.80. The molecule has 0 aliphatic rings. The van der Waals surface area contributed by atoms with E-state index in [0.29, 0.717) is 6.07 Å². The summed E-state index contributed by atoms with van der Waals surface area (Å²) >= 11 is 0. The second-order valence-corrected chi connectivity index (χ2v) is 2.40. The van der Waals surface area contributed by atoms with Gasteiger partial charge in [0, 0.05) is 6.20 Å². The van der Waals surface area contributed by atoms with Gasteiger partial charge >= 0.3 is 6.18 Å². The summed E-state index contributed by atoms with van der Waals surface area (Å²) in [4.78, 5) is 14.3. The van der Waals surface area contributed by atoms with Crippen molar-refractivity contribution in [2.75, 3.05) is 0 Å². The third-order valence-electron chi connectivity index (χ3n) is 1.45. The number of aromatic nitrogens is 1. The van der Waals surface area contributed by atoms with Gasteiger partial charge in [-0.05, 0) is 12.1 Å². The number of hydrogen-bond acceptors (Lipinski definition) is 3. The van der Waals surface area contributed by atoms with E-state index in [2.05, 4.69) is 4.98 Å². The summed E-state index contributed by atoms with van der Waals surface area (Å²) in [6, 6.07) is 1.40. The van der Waals surface area contributed by atoms with Gasteiger partial charge in [0.25, 0.3) is 5.91 Å². The van der Waals surface area contributed by atoms with Crippen LogP contribution in [0.15, 0.2) is 18.3 Å². The lowest BCUT2D eigenvalue weighted by Crippen LogP contribution is -2.30. The van der Waals surface area contributed by atoms with Crippen LogP contribution in [-0.4, -0.2) is 10.9 Å². The first kappa shape index (κ1) is 10.5. The standard InChI is InChI=1S/C7H6F3N3O/c8-7(9,10)4-1-2-12-5(3-4)6(14)13-11/h1-3H,11H2,(H,13,14). The average Bonchev–Trinajstić information content (AvgIpc) is 2.15. The summed E-state index contributed by atoms with van der Waals surface area (Å²) in [7, 11) is 0. The molecule has 0 radical (unpaired) electrons. The van der Waals surface area contributed by atoms with E-state index in [1.165, 1.54) is 0 Å². The molecule has 1 heterocycles. The van der Waals surface area contributed by atoms with Crippen molar-refractivity contribution in [3.8, 4) is 0 Å². The highest BCUT2D eigenvalue weighted by atomic mass is 19.4. The predicted octanol–water partition coefficient (Wildman–Crippen LogP) is 0.704. The zero-order valence-electron chi connectivity index (χ0n) is 6.80. The smallest absolute Gasteiger partial charge is 0.289 e. The normalized spacial score (nSPS) is 11.1. The molecule has 14 heavy (non-hydrogen) atoms. The van der Waals surface area contributed by atoms with Gasteiger partial charge in [0.05, 0.1) is 5.56 Å². The van der Waals surface area contributed by atoms with Gasteiger partial charge in [-0.2, -0.15) is 13.2 Å². The fraction of sp³-hybridized carbons (Fsp3) is 0.143.